The first-order valence-electron chi connectivity index (χ1n) is 3.12. The van der Waals surface area contributed by atoms with Crippen molar-refractivity contribution in [3.8, 4) is 0 Å². The van der Waals surface area contributed by atoms with Crippen LogP contribution in [0.15, 0.2) is 23.3 Å². The third kappa shape index (κ3) is 1.33. The Morgan fingerprint density at radius 1 is 1.83 bits per heavy atom. The van der Waals surface area contributed by atoms with E-state index >= 15 is 0 Å². The molecule has 0 amide bonds. The first-order valence-corrected chi connectivity index (χ1v) is 3.50. The van der Waals surface area contributed by atoms with Crippen molar-refractivity contribution in [2.24, 2.45) is 5.73 Å². The van der Waals surface area contributed by atoms with Crippen molar-refractivity contribution < 1.29 is 9.31 Å². The van der Waals surface area contributed by atoms with E-state index in [9.17, 15) is 14.5 Å². The largest absolute Gasteiger partial charge is 0.396 e. The Balaban J connectivity index is 2.99. The second-order valence-electron chi connectivity index (χ2n) is 2.40. The lowest BCUT2D eigenvalue weighted by atomic mass is 10.0. The predicted octanol–water partition coefficient (Wildman–Crippen LogP) is 0.949. The van der Waals surface area contributed by atoms with Crippen LogP contribution < -0.4 is 5.73 Å². The van der Waals surface area contributed by atoms with Crippen LogP contribution in [0.25, 0.3) is 0 Å². The Labute approximate surface area is 72.6 Å². The van der Waals surface area contributed by atoms with Gasteiger partial charge in [0.2, 0.25) is 0 Å². The molecule has 0 saturated carbocycles. The quantitative estimate of drug-likeness (QED) is 0.382. The van der Waals surface area contributed by atoms with Gasteiger partial charge >= 0.3 is 5.79 Å². The van der Waals surface area contributed by atoms with E-state index in [-0.39, 0.29) is 5.03 Å². The SMILES string of the molecule is NC1C=C(Cl)C=CC1(F)[N+](=O)[O-]. The van der Waals surface area contributed by atoms with Crippen molar-refractivity contribution in [3.05, 3.63) is 33.4 Å². The van der Waals surface area contributed by atoms with Crippen LogP contribution in [0.1, 0.15) is 0 Å². The highest BCUT2D eigenvalue weighted by atomic mass is 35.5. The summed E-state index contributed by atoms with van der Waals surface area (Å²) in [4.78, 5) is 9.14. The minimum atomic E-state index is -2.72. The summed E-state index contributed by atoms with van der Waals surface area (Å²) in [5, 5.41) is 10.4. The lowest BCUT2D eigenvalue weighted by Gasteiger charge is -2.20. The van der Waals surface area contributed by atoms with E-state index in [4.69, 9.17) is 17.3 Å². The summed E-state index contributed by atoms with van der Waals surface area (Å²) in [6.45, 7) is 0. The third-order valence-electron chi connectivity index (χ3n) is 1.56. The molecule has 66 valence electrons. The van der Waals surface area contributed by atoms with E-state index in [0.29, 0.717) is 0 Å². The van der Waals surface area contributed by atoms with Crippen molar-refractivity contribution in [1.29, 1.82) is 0 Å². The fourth-order valence-electron chi connectivity index (χ4n) is 0.834. The Morgan fingerprint density at radius 3 is 2.83 bits per heavy atom. The van der Waals surface area contributed by atoms with Gasteiger partial charge in [-0.3, -0.25) is 10.1 Å². The molecule has 0 bridgehead atoms. The molecule has 2 atom stereocenters. The predicted molar refractivity (Wildman–Crippen MR) is 41.9 cm³/mol. The van der Waals surface area contributed by atoms with Crippen LogP contribution in [0.5, 0.6) is 0 Å². The number of hydrogen-bond acceptors (Lipinski definition) is 3. The molecule has 2 N–H and O–H groups in total. The Hall–Kier alpha value is -0.940. The molecule has 0 aromatic heterocycles. The fourth-order valence-corrected chi connectivity index (χ4v) is 1.03. The van der Waals surface area contributed by atoms with Crippen LogP contribution in [-0.2, 0) is 0 Å². The molecule has 0 radical (unpaired) electrons. The van der Waals surface area contributed by atoms with E-state index < -0.39 is 16.8 Å². The maximum atomic E-state index is 13.2. The molecule has 0 aromatic rings. The monoisotopic (exact) mass is 192 g/mol. The lowest BCUT2D eigenvalue weighted by Crippen LogP contribution is -2.48. The van der Waals surface area contributed by atoms with Crippen LogP contribution >= 0.6 is 11.6 Å². The van der Waals surface area contributed by atoms with Gasteiger partial charge in [0.1, 0.15) is 6.04 Å². The first kappa shape index (κ1) is 9.15. The number of nitrogens with zero attached hydrogens (tertiary/aromatic N) is 1. The highest BCUT2D eigenvalue weighted by Gasteiger charge is 2.47. The Kier molecular flexibility index (Phi) is 2.16. The van der Waals surface area contributed by atoms with Gasteiger partial charge in [-0.05, 0) is 12.2 Å². The van der Waals surface area contributed by atoms with E-state index in [2.05, 4.69) is 0 Å². The second-order valence-corrected chi connectivity index (χ2v) is 2.83. The van der Waals surface area contributed by atoms with Crippen LogP contribution in [-0.4, -0.2) is 16.8 Å². The average Bonchev–Trinajstić information content (AvgIpc) is 1.97. The van der Waals surface area contributed by atoms with Crippen LogP contribution in [0.3, 0.4) is 0 Å². The molecule has 1 rings (SSSR count). The van der Waals surface area contributed by atoms with Gasteiger partial charge in [0, 0.05) is 11.1 Å². The molecular weight excluding hydrogens is 187 g/mol. The minimum absolute atomic E-state index is 0.206. The zero-order valence-electron chi connectivity index (χ0n) is 5.91. The topological polar surface area (TPSA) is 69.2 Å². The molecule has 12 heavy (non-hydrogen) atoms. The zero-order valence-corrected chi connectivity index (χ0v) is 6.66. The number of nitrogens with two attached hydrogens (primary N) is 1. The van der Waals surface area contributed by atoms with E-state index in [1.54, 1.807) is 0 Å². The van der Waals surface area contributed by atoms with Crippen LogP contribution in [0.4, 0.5) is 4.39 Å². The lowest BCUT2D eigenvalue weighted by molar-refractivity contribution is -0.591. The van der Waals surface area contributed by atoms with E-state index in [0.717, 1.165) is 18.2 Å². The molecule has 0 saturated heterocycles. The molecule has 0 heterocycles. The summed E-state index contributed by atoms with van der Waals surface area (Å²) < 4.78 is 13.2. The van der Waals surface area contributed by atoms with Gasteiger partial charge in [-0.1, -0.05) is 11.6 Å². The molecule has 4 nitrogen and oxygen atoms in total. The van der Waals surface area contributed by atoms with Crippen molar-refractivity contribution in [3.63, 3.8) is 0 Å². The number of halogens is 2. The van der Waals surface area contributed by atoms with Gasteiger partial charge in [0.25, 0.3) is 0 Å². The molecular formula is C6H6ClFN2O2. The van der Waals surface area contributed by atoms with Crippen molar-refractivity contribution in [2.75, 3.05) is 0 Å². The van der Waals surface area contributed by atoms with E-state index in [1.165, 1.54) is 0 Å². The van der Waals surface area contributed by atoms with Crippen LogP contribution in [0.2, 0.25) is 0 Å². The number of alkyl halides is 1. The molecule has 0 fully saturated rings. The summed E-state index contributed by atoms with van der Waals surface area (Å²) in [7, 11) is 0. The highest BCUT2D eigenvalue weighted by molar-refractivity contribution is 6.31. The summed E-state index contributed by atoms with van der Waals surface area (Å²) in [6.07, 6.45) is 2.97. The maximum absolute atomic E-state index is 13.2. The summed E-state index contributed by atoms with van der Waals surface area (Å²) in [5.41, 5.74) is 5.18. The van der Waals surface area contributed by atoms with Gasteiger partial charge < -0.3 is 5.73 Å². The third-order valence-corrected chi connectivity index (χ3v) is 1.81. The normalized spacial score (nSPS) is 34.6. The number of nitro groups is 1. The Bertz CT molecular complexity index is 279. The summed E-state index contributed by atoms with van der Waals surface area (Å²) in [6, 6.07) is -1.33. The van der Waals surface area contributed by atoms with Crippen molar-refractivity contribution in [1.82, 2.24) is 0 Å². The van der Waals surface area contributed by atoms with Crippen LogP contribution in [0, 0.1) is 10.1 Å². The fraction of sp³-hybridized carbons (Fsp3) is 0.333. The van der Waals surface area contributed by atoms with Gasteiger partial charge in [0.15, 0.2) is 0 Å². The summed E-state index contributed by atoms with van der Waals surface area (Å²) in [5.74, 6) is -2.72. The molecule has 1 aliphatic carbocycles. The van der Waals surface area contributed by atoms with Crippen molar-refractivity contribution >= 4 is 11.6 Å². The molecule has 0 spiro atoms. The van der Waals surface area contributed by atoms with E-state index in [1.807, 2.05) is 0 Å². The highest BCUT2D eigenvalue weighted by Crippen LogP contribution is 2.25. The number of hydrogen-bond donors (Lipinski definition) is 1. The molecule has 2 unspecified atom stereocenters. The minimum Gasteiger partial charge on any atom is -0.316 e. The average molecular weight is 193 g/mol. The Morgan fingerprint density at radius 2 is 2.42 bits per heavy atom. The maximum Gasteiger partial charge on any atom is 0.396 e. The first-order chi connectivity index (χ1) is 5.47. The molecule has 6 heteroatoms. The molecule has 0 aliphatic heterocycles. The smallest absolute Gasteiger partial charge is 0.316 e. The van der Waals surface area contributed by atoms with Gasteiger partial charge in [-0.25, -0.2) is 0 Å². The standard InChI is InChI=1S/C6H6ClFN2O2/c7-4-1-2-6(8,10(11)12)5(9)3-4/h1-3,5H,9H2. The summed E-state index contributed by atoms with van der Waals surface area (Å²) >= 11 is 5.45. The second kappa shape index (κ2) is 2.84. The van der Waals surface area contributed by atoms with Gasteiger partial charge in [-0.15, -0.1) is 0 Å². The zero-order chi connectivity index (χ0) is 9.35. The number of rotatable bonds is 1. The molecule has 0 aromatic carbocycles. The van der Waals surface area contributed by atoms with Gasteiger partial charge in [0.05, 0.1) is 4.92 Å². The van der Waals surface area contributed by atoms with Crippen molar-refractivity contribution in [2.45, 2.75) is 11.8 Å². The molecule has 1 aliphatic rings. The van der Waals surface area contributed by atoms with Gasteiger partial charge in [-0.2, -0.15) is 4.39 Å². The number of allylic oxidation sites excluding steroid dienone is 2.